The Morgan fingerprint density at radius 3 is 2.76 bits per heavy atom. The van der Waals surface area contributed by atoms with Gasteiger partial charge in [-0.15, -0.1) is 0 Å². The van der Waals surface area contributed by atoms with Gasteiger partial charge in [0.2, 0.25) is 5.91 Å². The molecule has 1 aromatic heterocycles. The molecule has 1 saturated heterocycles. The van der Waals surface area contributed by atoms with Crippen LogP contribution >= 0.6 is 15.9 Å². The number of hydrogen-bond acceptors (Lipinski definition) is 3. The molecule has 1 atom stereocenters. The van der Waals surface area contributed by atoms with E-state index in [0.29, 0.717) is 29.7 Å². The Morgan fingerprint density at radius 2 is 2.24 bits per heavy atom. The molecule has 1 aromatic rings. The monoisotopic (exact) mass is 297 g/mol. The molecule has 2 N–H and O–H groups in total. The van der Waals surface area contributed by atoms with E-state index >= 15 is 0 Å². The van der Waals surface area contributed by atoms with Gasteiger partial charge in [0, 0.05) is 19.3 Å². The molecule has 0 aromatic carbocycles. The number of rotatable bonds is 2. The topological polar surface area (TPSA) is 76.3 Å². The fraction of sp³-hybridized carbons (Fsp3) is 0.364. The van der Waals surface area contributed by atoms with Crippen molar-refractivity contribution in [2.75, 3.05) is 13.1 Å². The number of nitrogens with zero attached hydrogens (tertiary/aromatic N) is 2. The van der Waals surface area contributed by atoms with Crippen molar-refractivity contribution < 1.29 is 9.59 Å². The largest absolute Gasteiger partial charge is 0.369 e. The first kappa shape index (κ1) is 12.0. The molecule has 5 nitrogen and oxygen atoms in total. The predicted molar refractivity (Wildman–Crippen MR) is 65.1 cm³/mol. The summed E-state index contributed by atoms with van der Waals surface area (Å²) in [5.74, 6) is -0.662. The van der Waals surface area contributed by atoms with Gasteiger partial charge in [-0.25, -0.2) is 4.98 Å². The Kier molecular flexibility index (Phi) is 3.42. The number of primary amides is 1. The third-order valence-corrected chi connectivity index (χ3v) is 3.32. The molecule has 1 aliphatic rings. The number of carbonyl (C=O) groups is 2. The van der Waals surface area contributed by atoms with E-state index in [1.54, 1.807) is 17.0 Å². The van der Waals surface area contributed by atoms with Crippen molar-refractivity contribution >= 4 is 27.7 Å². The summed E-state index contributed by atoms with van der Waals surface area (Å²) in [6.07, 6.45) is 2.16. The zero-order chi connectivity index (χ0) is 12.4. The molecule has 0 aliphatic carbocycles. The Labute approximate surface area is 107 Å². The first-order chi connectivity index (χ1) is 8.08. The van der Waals surface area contributed by atoms with Crippen molar-refractivity contribution in [2.24, 2.45) is 11.7 Å². The van der Waals surface area contributed by atoms with Crippen LogP contribution in [0.15, 0.2) is 22.9 Å². The SMILES string of the molecule is NC(=O)C1CCN(C(=O)c2ccc(Br)nc2)C1. The number of hydrogen-bond donors (Lipinski definition) is 1. The molecule has 2 rings (SSSR count). The maximum absolute atomic E-state index is 12.0. The molecule has 90 valence electrons. The molecule has 6 heteroatoms. The van der Waals surface area contributed by atoms with E-state index in [0.717, 1.165) is 0 Å². The minimum Gasteiger partial charge on any atom is -0.369 e. The van der Waals surface area contributed by atoms with Gasteiger partial charge in [-0.1, -0.05) is 0 Å². The van der Waals surface area contributed by atoms with Gasteiger partial charge in [-0.2, -0.15) is 0 Å². The van der Waals surface area contributed by atoms with Gasteiger partial charge in [0.15, 0.2) is 0 Å². The lowest BCUT2D eigenvalue weighted by atomic mass is 10.1. The van der Waals surface area contributed by atoms with Crippen LogP contribution < -0.4 is 5.73 Å². The maximum atomic E-state index is 12.0. The van der Waals surface area contributed by atoms with E-state index in [2.05, 4.69) is 20.9 Å². The van der Waals surface area contributed by atoms with Gasteiger partial charge in [-0.3, -0.25) is 9.59 Å². The lowest BCUT2D eigenvalue weighted by Crippen LogP contribution is -2.31. The molecular weight excluding hydrogens is 286 g/mol. The molecule has 2 heterocycles. The first-order valence-corrected chi connectivity index (χ1v) is 6.07. The molecule has 2 amide bonds. The Hall–Kier alpha value is -1.43. The second kappa shape index (κ2) is 4.83. The molecule has 0 bridgehead atoms. The fourth-order valence-electron chi connectivity index (χ4n) is 1.86. The van der Waals surface area contributed by atoms with Crippen LogP contribution in [0.2, 0.25) is 0 Å². The third-order valence-electron chi connectivity index (χ3n) is 2.85. The molecule has 0 radical (unpaired) electrons. The van der Waals surface area contributed by atoms with Crippen LogP contribution in [0.5, 0.6) is 0 Å². The third kappa shape index (κ3) is 2.63. The van der Waals surface area contributed by atoms with Gasteiger partial charge < -0.3 is 10.6 Å². The summed E-state index contributed by atoms with van der Waals surface area (Å²) < 4.78 is 0.686. The summed E-state index contributed by atoms with van der Waals surface area (Å²) in [5.41, 5.74) is 5.75. The van der Waals surface area contributed by atoms with Crippen LogP contribution in [0.4, 0.5) is 0 Å². The molecule has 0 spiro atoms. The number of likely N-dealkylation sites (tertiary alicyclic amines) is 1. The summed E-state index contributed by atoms with van der Waals surface area (Å²) in [4.78, 5) is 28.7. The van der Waals surface area contributed by atoms with E-state index in [1.165, 1.54) is 6.20 Å². The van der Waals surface area contributed by atoms with E-state index in [9.17, 15) is 9.59 Å². The highest BCUT2D eigenvalue weighted by Crippen LogP contribution is 2.18. The summed E-state index contributed by atoms with van der Waals surface area (Å²) in [7, 11) is 0. The Balaban J connectivity index is 2.07. The van der Waals surface area contributed by atoms with Gasteiger partial charge in [-0.05, 0) is 34.5 Å². The van der Waals surface area contributed by atoms with E-state index in [4.69, 9.17) is 5.73 Å². The van der Waals surface area contributed by atoms with Crippen LogP contribution in [-0.2, 0) is 4.79 Å². The fourth-order valence-corrected chi connectivity index (χ4v) is 2.10. The number of amides is 2. The quantitative estimate of drug-likeness (QED) is 0.820. The zero-order valence-corrected chi connectivity index (χ0v) is 10.7. The maximum Gasteiger partial charge on any atom is 0.255 e. The van der Waals surface area contributed by atoms with Crippen LogP contribution in [0.25, 0.3) is 0 Å². The normalized spacial score (nSPS) is 19.4. The van der Waals surface area contributed by atoms with Gasteiger partial charge in [0.25, 0.3) is 5.91 Å². The van der Waals surface area contributed by atoms with Crippen LogP contribution in [0, 0.1) is 5.92 Å². The Bertz CT molecular complexity index is 447. The minimum atomic E-state index is -0.339. The first-order valence-electron chi connectivity index (χ1n) is 5.28. The highest BCUT2D eigenvalue weighted by Gasteiger charge is 2.30. The highest BCUT2D eigenvalue weighted by molar-refractivity contribution is 9.10. The number of carbonyl (C=O) groups excluding carboxylic acids is 2. The minimum absolute atomic E-state index is 0.103. The van der Waals surface area contributed by atoms with E-state index < -0.39 is 0 Å². The summed E-state index contributed by atoms with van der Waals surface area (Å²) in [6.45, 7) is 0.979. The number of pyridine rings is 1. The second-order valence-electron chi connectivity index (χ2n) is 4.01. The van der Waals surface area contributed by atoms with E-state index in [-0.39, 0.29) is 17.7 Å². The average Bonchev–Trinajstić information content (AvgIpc) is 2.78. The van der Waals surface area contributed by atoms with E-state index in [1.807, 2.05) is 0 Å². The molecular formula is C11H12BrN3O2. The van der Waals surface area contributed by atoms with Crippen molar-refractivity contribution in [3.63, 3.8) is 0 Å². The van der Waals surface area contributed by atoms with Crippen LogP contribution in [-0.4, -0.2) is 34.8 Å². The summed E-state index contributed by atoms with van der Waals surface area (Å²) in [6, 6.07) is 3.42. The van der Waals surface area contributed by atoms with Crippen molar-refractivity contribution in [3.8, 4) is 0 Å². The lowest BCUT2D eigenvalue weighted by Gasteiger charge is -2.15. The average molecular weight is 298 g/mol. The molecule has 1 aliphatic heterocycles. The second-order valence-corrected chi connectivity index (χ2v) is 4.82. The molecule has 0 saturated carbocycles. The van der Waals surface area contributed by atoms with Crippen LogP contribution in [0.1, 0.15) is 16.8 Å². The highest BCUT2D eigenvalue weighted by atomic mass is 79.9. The van der Waals surface area contributed by atoms with Crippen molar-refractivity contribution in [3.05, 3.63) is 28.5 Å². The van der Waals surface area contributed by atoms with Gasteiger partial charge in [0.05, 0.1) is 11.5 Å². The summed E-state index contributed by atoms with van der Waals surface area (Å²) in [5, 5.41) is 0. The van der Waals surface area contributed by atoms with Gasteiger partial charge >= 0.3 is 0 Å². The number of aromatic nitrogens is 1. The number of halogens is 1. The van der Waals surface area contributed by atoms with Crippen molar-refractivity contribution in [1.29, 1.82) is 0 Å². The number of nitrogens with two attached hydrogens (primary N) is 1. The van der Waals surface area contributed by atoms with Crippen molar-refractivity contribution in [1.82, 2.24) is 9.88 Å². The lowest BCUT2D eigenvalue weighted by molar-refractivity contribution is -0.121. The zero-order valence-electron chi connectivity index (χ0n) is 9.10. The predicted octanol–water partition coefficient (Wildman–Crippen LogP) is 0.791. The summed E-state index contributed by atoms with van der Waals surface area (Å²) >= 11 is 3.21. The van der Waals surface area contributed by atoms with Gasteiger partial charge in [0.1, 0.15) is 4.60 Å². The standard InChI is InChI=1S/C11H12BrN3O2/c12-9-2-1-7(5-14-9)11(17)15-4-3-8(6-15)10(13)16/h1-2,5,8H,3-4,6H2,(H2,13,16). The van der Waals surface area contributed by atoms with Crippen LogP contribution in [0.3, 0.4) is 0 Å². The van der Waals surface area contributed by atoms with Crippen molar-refractivity contribution in [2.45, 2.75) is 6.42 Å². The molecule has 17 heavy (non-hydrogen) atoms. The smallest absolute Gasteiger partial charge is 0.255 e. The Morgan fingerprint density at radius 1 is 1.47 bits per heavy atom. The molecule has 1 unspecified atom stereocenters. The molecule has 1 fully saturated rings.